The average Bonchev–Trinajstić information content (AvgIpc) is 3.31. The van der Waals surface area contributed by atoms with Gasteiger partial charge in [-0.05, 0) is 31.5 Å². The zero-order chi connectivity index (χ0) is 25.4. The van der Waals surface area contributed by atoms with Gasteiger partial charge in [0.1, 0.15) is 11.5 Å². The molecule has 5 nitrogen and oxygen atoms in total. The van der Waals surface area contributed by atoms with Gasteiger partial charge in [0.05, 0.1) is 11.1 Å². The van der Waals surface area contributed by atoms with Gasteiger partial charge in [0.2, 0.25) is 0 Å². The number of carbonyl (C=O) groups is 1. The van der Waals surface area contributed by atoms with Gasteiger partial charge >= 0.3 is 6.18 Å². The molecule has 2 heterocycles. The Kier molecular flexibility index (Phi) is 6.07. The van der Waals surface area contributed by atoms with Crippen molar-refractivity contribution in [3.63, 3.8) is 0 Å². The molecule has 0 saturated carbocycles. The standard InChI is InChI=1S/C27H22F4N4O/c1-16-6-8-17(9-7-16)24-20-4-2-3-5-21(20)25(34-33-24)35-13-12-19(15-35)32-26(36)22-11-10-18(28)14-23(22)27(29,30)31/h2-11,14,19H,12-13,15H2,1H3,(H,32,36). The van der Waals surface area contributed by atoms with Crippen LogP contribution in [0.5, 0.6) is 0 Å². The quantitative estimate of drug-likeness (QED) is 0.366. The number of aryl methyl sites for hydroxylation is 1. The minimum atomic E-state index is -4.84. The Morgan fingerprint density at radius 1 is 1.00 bits per heavy atom. The fourth-order valence-corrected chi connectivity index (χ4v) is 4.53. The summed E-state index contributed by atoms with van der Waals surface area (Å²) in [7, 11) is 0. The number of hydrogen-bond donors (Lipinski definition) is 1. The van der Waals surface area contributed by atoms with Crippen LogP contribution >= 0.6 is 0 Å². The Morgan fingerprint density at radius 2 is 1.72 bits per heavy atom. The molecule has 1 aromatic heterocycles. The Hall–Kier alpha value is -4.01. The molecular weight excluding hydrogens is 472 g/mol. The van der Waals surface area contributed by atoms with E-state index in [1.54, 1.807) is 0 Å². The van der Waals surface area contributed by atoms with E-state index >= 15 is 0 Å². The molecular formula is C27H22F4N4O. The van der Waals surface area contributed by atoms with Gasteiger partial charge in [0, 0.05) is 35.5 Å². The van der Waals surface area contributed by atoms with Crippen LogP contribution < -0.4 is 10.2 Å². The maximum atomic E-state index is 13.4. The van der Waals surface area contributed by atoms with Crippen LogP contribution in [0.3, 0.4) is 0 Å². The Balaban J connectivity index is 1.38. The highest BCUT2D eigenvalue weighted by Gasteiger charge is 2.36. The summed E-state index contributed by atoms with van der Waals surface area (Å²) in [5.74, 6) is -1.29. The van der Waals surface area contributed by atoms with Crippen LogP contribution in [0.4, 0.5) is 23.4 Å². The highest BCUT2D eigenvalue weighted by molar-refractivity contribution is 6.00. The number of benzene rings is 3. The first kappa shape index (κ1) is 23.7. The lowest BCUT2D eigenvalue weighted by Crippen LogP contribution is -2.38. The van der Waals surface area contributed by atoms with Gasteiger partial charge in [0.25, 0.3) is 5.91 Å². The van der Waals surface area contributed by atoms with E-state index in [4.69, 9.17) is 0 Å². The summed E-state index contributed by atoms with van der Waals surface area (Å²) in [5.41, 5.74) is 0.950. The summed E-state index contributed by atoms with van der Waals surface area (Å²) in [6.45, 7) is 2.92. The van der Waals surface area contributed by atoms with Crippen molar-refractivity contribution in [3.8, 4) is 11.3 Å². The molecule has 4 aromatic rings. The first-order valence-electron chi connectivity index (χ1n) is 11.5. The van der Waals surface area contributed by atoms with Crippen molar-refractivity contribution in [1.29, 1.82) is 0 Å². The van der Waals surface area contributed by atoms with E-state index < -0.39 is 35.1 Å². The van der Waals surface area contributed by atoms with E-state index in [1.807, 2.05) is 60.4 Å². The summed E-state index contributed by atoms with van der Waals surface area (Å²) in [5, 5.41) is 13.5. The number of rotatable bonds is 4. The molecule has 1 saturated heterocycles. The first-order chi connectivity index (χ1) is 17.2. The van der Waals surface area contributed by atoms with E-state index in [9.17, 15) is 22.4 Å². The third-order valence-corrected chi connectivity index (χ3v) is 6.35. The molecule has 36 heavy (non-hydrogen) atoms. The first-order valence-corrected chi connectivity index (χ1v) is 11.5. The number of aromatic nitrogens is 2. The van der Waals surface area contributed by atoms with Gasteiger partial charge < -0.3 is 10.2 Å². The highest BCUT2D eigenvalue weighted by Crippen LogP contribution is 2.34. The lowest BCUT2D eigenvalue weighted by atomic mass is 10.0. The Labute approximate surface area is 204 Å². The van der Waals surface area contributed by atoms with E-state index in [1.165, 1.54) is 0 Å². The zero-order valence-electron chi connectivity index (χ0n) is 19.3. The topological polar surface area (TPSA) is 58.1 Å². The number of hydrogen-bond acceptors (Lipinski definition) is 4. The van der Waals surface area contributed by atoms with Crippen LogP contribution in [0.1, 0.15) is 27.9 Å². The van der Waals surface area contributed by atoms with Gasteiger partial charge in [-0.2, -0.15) is 13.2 Å². The fourth-order valence-electron chi connectivity index (χ4n) is 4.53. The third kappa shape index (κ3) is 4.60. The number of nitrogens with one attached hydrogen (secondary N) is 1. The lowest BCUT2D eigenvalue weighted by molar-refractivity contribution is -0.138. The molecule has 3 aromatic carbocycles. The second kappa shape index (κ2) is 9.22. The predicted octanol–water partition coefficient (Wildman–Crippen LogP) is 5.77. The third-order valence-electron chi connectivity index (χ3n) is 6.35. The molecule has 0 aliphatic carbocycles. The molecule has 1 atom stereocenters. The van der Waals surface area contributed by atoms with Crippen molar-refractivity contribution in [1.82, 2.24) is 15.5 Å². The van der Waals surface area contributed by atoms with Crippen LogP contribution in [-0.4, -0.2) is 35.2 Å². The SMILES string of the molecule is Cc1ccc(-c2nnc(N3CCC(NC(=O)c4ccc(F)cc4C(F)(F)F)C3)c3ccccc23)cc1. The van der Waals surface area contributed by atoms with Crippen LogP contribution in [0.15, 0.2) is 66.7 Å². The maximum absolute atomic E-state index is 13.4. The van der Waals surface area contributed by atoms with Gasteiger partial charge in [-0.25, -0.2) is 4.39 Å². The highest BCUT2D eigenvalue weighted by atomic mass is 19.4. The molecule has 0 bridgehead atoms. The van der Waals surface area contributed by atoms with Crippen molar-refractivity contribution >= 4 is 22.5 Å². The number of anilines is 1. The van der Waals surface area contributed by atoms with E-state index in [0.717, 1.165) is 39.7 Å². The number of alkyl halides is 3. The number of halogens is 4. The Morgan fingerprint density at radius 3 is 2.44 bits per heavy atom. The number of fused-ring (bicyclic) bond motifs is 1. The minimum Gasteiger partial charge on any atom is -0.352 e. The van der Waals surface area contributed by atoms with Crippen molar-refractivity contribution in [2.24, 2.45) is 0 Å². The van der Waals surface area contributed by atoms with Crippen LogP contribution in [0.2, 0.25) is 0 Å². The lowest BCUT2D eigenvalue weighted by Gasteiger charge is -2.20. The van der Waals surface area contributed by atoms with Gasteiger partial charge in [0.15, 0.2) is 5.82 Å². The zero-order valence-corrected chi connectivity index (χ0v) is 19.3. The summed E-state index contributed by atoms with van der Waals surface area (Å²) in [4.78, 5) is 14.6. The summed E-state index contributed by atoms with van der Waals surface area (Å²) >= 11 is 0. The molecule has 1 aliphatic rings. The smallest absolute Gasteiger partial charge is 0.352 e. The molecule has 1 amide bonds. The van der Waals surface area contributed by atoms with Gasteiger partial charge in [-0.15, -0.1) is 10.2 Å². The molecule has 9 heteroatoms. The summed E-state index contributed by atoms with van der Waals surface area (Å²) < 4.78 is 53.4. The molecule has 5 rings (SSSR count). The van der Waals surface area contributed by atoms with Crippen molar-refractivity contribution in [2.75, 3.05) is 18.0 Å². The molecule has 1 unspecified atom stereocenters. The van der Waals surface area contributed by atoms with E-state index in [-0.39, 0.29) is 0 Å². The van der Waals surface area contributed by atoms with E-state index in [2.05, 4.69) is 15.5 Å². The van der Waals surface area contributed by atoms with Gasteiger partial charge in [-0.1, -0.05) is 54.1 Å². The molecule has 0 spiro atoms. The summed E-state index contributed by atoms with van der Waals surface area (Å²) in [6, 6.07) is 17.4. The van der Waals surface area contributed by atoms with Crippen LogP contribution in [0, 0.1) is 12.7 Å². The molecule has 0 radical (unpaired) electrons. The predicted molar refractivity (Wildman–Crippen MR) is 129 cm³/mol. The number of amides is 1. The van der Waals surface area contributed by atoms with Crippen molar-refractivity contribution in [3.05, 3.63) is 89.2 Å². The van der Waals surface area contributed by atoms with Crippen molar-refractivity contribution < 1.29 is 22.4 Å². The second-order valence-electron chi connectivity index (χ2n) is 8.88. The largest absolute Gasteiger partial charge is 0.417 e. The van der Waals surface area contributed by atoms with Crippen LogP contribution in [0.25, 0.3) is 22.0 Å². The second-order valence-corrected chi connectivity index (χ2v) is 8.88. The van der Waals surface area contributed by atoms with Crippen molar-refractivity contribution in [2.45, 2.75) is 25.6 Å². The number of carbonyl (C=O) groups excluding carboxylic acids is 1. The Bertz CT molecular complexity index is 1440. The normalized spacial score (nSPS) is 15.9. The van der Waals surface area contributed by atoms with E-state index in [0.29, 0.717) is 31.4 Å². The molecule has 184 valence electrons. The fraction of sp³-hybridized carbons (Fsp3) is 0.222. The minimum absolute atomic E-state index is 0.340. The summed E-state index contributed by atoms with van der Waals surface area (Å²) in [6.07, 6.45) is -4.33. The molecule has 1 aliphatic heterocycles. The maximum Gasteiger partial charge on any atom is 0.417 e. The average molecular weight is 494 g/mol. The van der Waals surface area contributed by atoms with Crippen LogP contribution in [-0.2, 0) is 6.18 Å². The molecule has 1 N–H and O–H groups in total. The monoisotopic (exact) mass is 494 g/mol. The molecule has 1 fully saturated rings. The van der Waals surface area contributed by atoms with Gasteiger partial charge in [-0.3, -0.25) is 4.79 Å². The number of nitrogens with zero attached hydrogens (tertiary/aromatic N) is 3.